The number of carbonyl (C=O) groups is 1. The van der Waals surface area contributed by atoms with Crippen LogP contribution >= 0.6 is 11.3 Å². The molecule has 0 spiro atoms. The molecule has 0 saturated heterocycles. The van der Waals surface area contributed by atoms with Gasteiger partial charge in [0.25, 0.3) is 11.6 Å². The highest BCUT2D eigenvalue weighted by atomic mass is 32.1. The lowest BCUT2D eigenvalue weighted by Gasteiger charge is -2.05. The third-order valence-corrected chi connectivity index (χ3v) is 5.57. The fourth-order valence-corrected chi connectivity index (χ4v) is 3.78. The molecule has 9 nitrogen and oxygen atoms in total. The highest BCUT2D eigenvalue weighted by molar-refractivity contribution is 7.14. The van der Waals surface area contributed by atoms with Gasteiger partial charge in [0.15, 0.2) is 5.13 Å². The first-order chi connectivity index (χ1) is 15.9. The average molecular weight is 465 g/mol. The van der Waals surface area contributed by atoms with Crippen molar-refractivity contribution in [1.82, 2.24) is 4.98 Å². The fourth-order valence-electron chi connectivity index (χ4n) is 3.07. The van der Waals surface area contributed by atoms with Gasteiger partial charge in [0.2, 0.25) is 0 Å². The third-order valence-electron chi connectivity index (χ3n) is 4.81. The van der Waals surface area contributed by atoms with Gasteiger partial charge >= 0.3 is 5.63 Å². The van der Waals surface area contributed by atoms with E-state index in [2.05, 4.69) is 17.2 Å². The van der Waals surface area contributed by atoms with E-state index in [0.29, 0.717) is 17.4 Å². The number of anilines is 1. The maximum Gasteiger partial charge on any atom is 0.349 e. The predicted octanol–water partition coefficient (Wildman–Crippen LogP) is 5.26. The number of nitro groups is 1. The minimum atomic E-state index is -0.843. The molecule has 2 aromatic heterocycles. The number of amides is 1. The summed E-state index contributed by atoms with van der Waals surface area (Å²) in [5.41, 5.74) is 0.385. The van der Waals surface area contributed by atoms with Crippen LogP contribution < -0.4 is 15.7 Å². The van der Waals surface area contributed by atoms with E-state index in [0.717, 1.165) is 24.2 Å². The largest absolute Gasteiger partial charge is 0.494 e. The zero-order valence-electron chi connectivity index (χ0n) is 17.6. The minimum Gasteiger partial charge on any atom is -0.494 e. The molecule has 2 aromatic carbocycles. The Bertz CT molecular complexity index is 1380. The lowest BCUT2D eigenvalue weighted by atomic mass is 10.1. The summed E-state index contributed by atoms with van der Waals surface area (Å²) < 4.78 is 10.8. The van der Waals surface area contributed by atoms with E-state index in [4.69, 9.17) is 9.15 Å². The van der Waals surface area contributed by atoms with E-state index < -0.39 is 16.5 Å². The van der Waals surface area contributed by atoms with Crippen LogP contribution in [0.2, 0.25) is 0 Å². The van der Waals surface area contributed by atoms with E-state index in [1.54, 1.807) is 5.38 Å². The van der Waals surface area contributed by atoms with Crippen LogP contribution in [0.1, 0.15) is 30.1 Å². The topological polar surface area (TPSA) is 125 Å². The van der Waals surface area contributed by atoms with E-state index in [1.165, 1.54) is 35.6 Å². The second-order valence-electron chi connectivity index (χ2n) is 7.15. The van der Waals surface area contributed by atoms with Crippen molar-refractivity contribution in [3.8, 4) is 17.0 Å². The number of carbonyl (C=O) groups excluding carboxylic acids is 1. The van der Waals surface area contributed by atoms with Gasteiger partial charge in [-0.15, -0.1) is 11.3 Å². The summed E-state index contributed by atoms with van der Waals surface area (Å²) in [6.07, 6.45) is 2.05. The lowest BCUT2D eigenvalue weighted by Crippen LogP contribution is -2.20. The summed E-state index contributed by atoms with van der Waals surface area (Å²) in [4.78, 5) is 39.7. The van der Waals surface area contributed by atoms with Crippen molar-refractivity contribution in [1.29, 1.82) is 0 Å². The molecule has 0 saturated carbocycles. The first-order valence-corrected chi connectivity index (χ1v) is 11.0. The van der Waals surface area contributed by atoms with Crippen molar-refractivity contribution < 1.29 is 18.9 Å². The molecule has 4 rings (SSSR count). The van der Waals surface area contributed by atoms with E-state index in [-0.39, 0.29) is 22.2 Å². The maximum atomic E-state index is 12.7. The Morgan fingerprint density at radius 2 is 2.00 bits per heavy atom. The number of hydrogen-bond acceptors (Lipinski definition) is 8. The third kappa shape index (κ3) is 5.07. The number of nitrogens with one attached hydrogen (secondary N) is 1. The Balaban J connectivity index is 1.50. The molecule has 0 aliphatic carbocycles. The monoisotopic (exact) mass is 465 g/mol. The Hall–Kier alpha value is -4.05. The first-order valence-electron chi connectivity index (χ1n) is 10.2. The molecular formula is C23H19N3O6S. The standard InChI is InChI=1S/C23H19N3O6S/c1-2-3-10-31-17-7-4-14(5-8-17)19-13-33-23(24-19)25-21(27)18-12-15-11-16(26(29)30)6-9-20(15)32-22(18)28/h4-9,11-13H,2-3,10H2,1H3,(H,24,25,27). The number of ether oxygens (including phenoxy) is 1. The van der Waals surface area contributed by atoms with Crippen LogP contribution in [0.25, 0.3) is 22.2 Å². The summed E-state index contributed by atoms with van der Waals surface area (Å²) in [6, 6.07) is 12.6. The molecule has 10 heteroatoms. The molecule has 2 heterocycles. The number of non-ortho nitro benzene ring substituents is 1. The molecule has 0 unspecified atom stereocenters. The van der Waals surface area contributed by atoms with Crippen LogP contribution in [-0.2, 0) is 0 Å². The number of fused-ring (bicyclic) bond motifs is 1. The molecule has 4 aromatic rings. The Morgan fingerprint density at radius 1 is 1.21 bits per heavy atom. The highest BCUT2D eigenvalue weighted by Gasteiger charge is 2.17. The molecule has 0 bridgehead atoms. The van der Waals surface area contributed by atoms with Gasteiger partial charge in [-0.05, 0) is 42.8 Å². The number of benzene rings is 2. The van der Waals surface area contributed by atoms with E-state index in [1.807, 2.05) is 24.3 Å². The second kappa shape index (κ2) is 9.61. The Kier molecular flexibility index (Phi) is 6.45. The van der Waals surface area contributed by atoms with Gasteiger partial charge in [-0.25, -0.2) is 9.78 Å². The molecule has 0 radical (unpaired) electrons. The predicted molar refractivity (Wildman–Crippen MR) is 125 cm³/mol. The van der Waals surface area contributed by atoms with Gasteiger partial charge < -0.3 is 9.15 Å². The zero-order chi connectivity index (χ0) is 23.4. The van der Waals surface area contributed by atoms with Gasteiger partial charge in [0.1, 0.15) is 16.9 Å². The number of nitrogens with zero attached hydrogens (tertiary/aromatic N) is 2. The summed E-state index contributed by atoms with van der Waals surface area (Å²) in [5.74, 6) is 0.0666. The molecule has 0 aliphatic heterocycles. The summed E-state index contributed by atoms with van der Waals surface area (Å²) in [7, 11) is 0. The Labute approximate surface area is 191 Å². The summed E-state index contributed by atoms with van der Waals surface area (Å²) in [5, 5.41) is 15.9. The zero-order valence-corrected chi connectivity index (χ0v) is 18.4. The van der Waals surface area contributed by atoms with Crippen molar-refractivity contribution >= 4 is 39.0 Å². The number of nitro benzene ring substituents is 1. The van der Waals surface area contributed by atoms with E-state index in [9.17, 15) is 19.7 Å². The van der Waals surface area contributed by atoms with Crippen LogP contribution in [0.5, 0.6) is 5.75 Å². The molecule has 1 N–H and O–H groups in total. The van der Waals surface area contributed by atoms with Crippen molar-refractivity contribution in [2.75, 3.05) is 11.9 Å². The number of thiazole rings is 1. The van der Waals surface area contributed by atoms with Crippen LogP contribution in [0.4, 0.5) is 10.8 Å². The number of aromatic nitrogens is 1. The van der Waals surface area contributed by atoms with Gasteiger partial charge in [-0.1, -0.05) is 13.3 Å². The minimum absolute atomic E-state index is 0.154. The lowest BCUT2D eigenvalue weighted by molar-refractivity contribution is -0.384. The molecular weight excluding hydrogens is 446 g/mol. The van der Waals surface area contributed by atoms with E-state index >= 15 is 0 Å². The summed E-state index contributed by atoms with van der Waals surface area (Å²) in [6.45, 7) is 2.77. The highest BCUT2D eigenvalue weighted by Crippen LogP contribution is 2.27. The van der Waals surface area contributed by atoms with Crippen LogP contribution in [0, 0.1) is 10.1 Å². The van der Waals surface area contributed by atoms with Crippen LogP contribution in [0.3, 0.4) is 0 Å². The number of rotatable bonds is 8. The van der Waals surface area contributed by atoms with Gasteiger partial charge in [-0.2, -0.15) is 0 Å². The smallest absolute Gasteiger partial charge is 0.349 e. The SMILES string of the molecule is CCCCOc1ccc(-c2csc(NC(=O)c3cc4cc([N+](=O)[O-])ccc4oc3=O)n2)cc1. The van der Waals surface area contributed by atoms with Gasteiger partial charge in [0.05, 0.1) is 17.2 Å². The van der Waals surface area contributed by atoms with Crippen molar-refractivity contribution in [3.05, 3.63) is 80.0 Å². The first kappa shape index (κ1) is 22.2. The van der Waals surface area contributed by atoms with Gasteiger partial charge in [0, 0.05) is 28.5 Å². The van der Waals surface area contributed by atoms with Crippen LogP contribution in [-0.4, -0.2) is 22.4 Å². The molecule has 0 atom stereocenters. The molecule has 0 fully saturated rings. The summed E-state index contributed by atoms with van der Waals surface area (Å²) >= 11 is 1.21. The van der Waals surface area contributed by atoms with Gasteiger partial charge in [-0.3, -0.25) is 20.2 Å². The molecule has 33 heavy (non-hydrogen) atoms. The van der Waals surface area contributed by atoms with Crippen molar-refractivity contribution in [2.24, 2.45) is 0 Å². The average Bonchev–Trinajstić information content (AvgIpc) is 3.27. The van der Waals surface area contributed by atoms with Crippen molar-refractivity contribution in [3.63, 3.8) is 0 Å². The molecule has 168 valence electrons. The number of unbranched alkanes of at least 4 members (excludes halogenated alkanes) is 1. The second-order valence-corrected chi connectivity index (χ2v) is 8.00. The number of hydrogen-bond donors (Lipinski definition) is 1. The maximum absolute atomic E-state index is 12.7. The Morgan fingerprint density at radius 3 is 2.73 bits per heavy atom. The van der Waals surface area contributed by atoms with Crippen molar-refractivity contribution in [2.45, 2.75) is 19.8 Å². The quantitative estimate of drug-likeness (QED) is 0.163. The molecule has 1 amide bonds. The normalized spacial score (nSPS) is 10.8. The molecule has 0 aliphatic rings. The van der Waals surface area contributed by atoms with Crippen LogP contribution in [0.15, 0.2) is 63.1 Å². The fraction of sp³-hybridized carbons (Fsp3) is 0.174.